The van der Waals surface area contributed by atoms with Gasteiger partial charge in [0.15, 0.2) is 0 Å². The molecule has 35 nitrogen and oxygen atoms in total. The van der Waals surface area contributed by atoms with Gasteiger partial charge >= 0.3 is 42.9 Å². The van der Waals surface area contributed by atoms with Crippen molar-refractivity contribution < 1.29 is 141 Å². The molecule has 145 heavy (non-hydrogen) atoms. The van der Waals surface area contributed by atoms with Gasteiger partial charge in [0.05, 0.1) is 125 Å². The number of ether oxygens (including phenoxy) is 6. The number of ketones is 2. The first kappa shape index (κ1) is 147. The molecule has 2 unspecified atom stereocenters. The Kier molecular flexibility index (Phi) is 79.9. The SMILES string of the molecule is C=C(C)C(=O)OCCCC(=O)CCCNC(=O)C(C)(C)CC.C=C(C)C(=O)OCCCC(=O)CCCNC(=O)C(C)(C)CC.CCC(C)(C)C(=O)NCCC[N+](C)(C)CCCCS(=O)(=O)[O-].CCC(C)(C)C(=O)NCCC[N+](C)(C)CCCCS(=O)(=O)[O-].CCC(C)(C)C(=O)OCCOC.CCC(C)(C)C(=O)OCCOC.CCC(C)c1ccc(B(O)O)cc1.CCC(C)c1ccc(CN(CC(=O)O)CC(=O)O)cc1. The van der Waals surface area contributed by atoms with Crippen molar-refractivity contribution in [3.05, 3.63) is 89.5 Å². The summed E-state index contributed by atoms with van der Waals surface area (Å²) in [6.45, 7) is 61.1. The van der Waals surface area contributed by atoms with Crippen molar-refractivity contribution >= 4 is 104 Å². The van der Waals surface area contributed by atoms with Crippen molar-refractivity contribution in [2.75, 3.05) is 159 Å². The van der Waals surface area contributed by atoms with Crippen molar-refractivity contribution in [2.24, 2.45) is 32.5 Å². The molecular formula is C107H194BN7O28S2. The van der Waals surface area contributed by atoms with Crippen LogP contribution in [0.4, 0.5) is 0 Å². The number of Topliss-reactive ketones (excluding diaryl/α,β-unsaturated/α-hetero) is 2. The van der Waals surface area contributed by atoms with E-state index in [0.717, 1.165) is 105 Å². The van der Waals surface area contributed by atoms with Gasteiger partial charge in [-0.05, 0) is 178 Å². The summed E-state index contributed by atoms with van der Waals surface area (Å²) in [5, 5.41) is 46.9. The lowest BCUT2D eigenvalue weighted by Gasteiger charge is -2.30. The van der Waals surface area contributed by atoms with Crippen molar-refractivity contribution in [3.63, 3.8) is 0 Å². The van der Waals surface area contributed by atoms with Gasteiger partial charge in [0.1, 0.15) is 24.8 Å². The molecule has 8 N–H and O–H groups in total. The molecule has 0 heterocycles. The third kappa shape index (κ3) is 80.3. The minimum absolute atomic E-state index is 0.0224. The van der Waals surface area contributed by atoms with Gasteiger partial charge in [-0.15, -0.1) is 0 Å². The zero-order chi connectivity index (χ0) is 113. The average Bonchev–Trinajstić information content (AvgIpc) is 0.877. The Morgan fingerprint density at radius 2 is 0.669 bits per heavy atom. The largest absolute Gasteiger partial charge is 0.748 e. The van der Waals surface area contributed by atoms with Crippen LogP contribution in [0.2, 0.25) is 0 Å². The van der Waals surface area contributed by atoms with Crippen LogP contribution >= 0.6 is 0 Å². The number of carbonyl (C=O) groups is 12. The number of rotatable bonds is 65. The van der Waals surface area contributed by atoms with Crippen molar-refractivity contribution in [1.82, 2.24) is 26.2 Å². The van der Waals surface area contributed by atoms with Gasteiger partial charge in [0, 0.05) is 130 Å². The molecule has 0 aliphatic rings. The van der Waals surface area contributed by atoms with Crippen LogP contribution in [-0.2, 0) is 113 Å². The Hall–Kier alpha value is -8.44. The number of aliphatic carboxylic acids is 2. The first-order valence-electron chi connectivity index (χ1n) is 51.2. The zero-order valence-corrected chi connectivity index (χ0v) is 96.1. The maximum absolute atomic E-state index is 11.9. The highest BCUT2D eigenvalue weighted by Gasteiger charge is 2.31. The molecular weight excluding hydrogens is 1910 g/mol. The average molecular weight is 2100 g/mol. The van der Waals surface area contributed by atoms with Crippen LogP contribution in [0.25, 0.3) is 0 Å². The van der Waals surface area contributed by atoms with E-state index in [1.54, 1.807) is 40.2 Å². The standard InChI is InChI=1S/2C17H29NO4.2C15H32N2O4S.C15H21NO4.C10H15BO2.2C9H18O3/c2*1-6-17(4,5)16(21)18-11-7-9-14(19)10-8-12-22-15(20)13(2)3;2*1-6-15(2,3)14(18)16-10-9-12-17(4,5)11-7-8-13-22(19,20)21;1-3-11(2)13-6-4-12(5-7-13)8-16(9-14(17)18)10-15(19)20;1-3-8(2)9-4-6-10(7-5-9)11(12)13;2*1-5-9(2,3)8(10)12-7-6-11-4/h2*2,6-12H2,1,3-5H3,(H,18,21);2*6-13H2,1-5H3,(H-,16,18,19,20,21);4-7,11H,3,8-10H2,1-2H3,(H,17,18)(H,19,20);4-8,12-13H,3H2,1-2H3;2*5-7H2,1-4H3. The Morgan fingerprint density at radius 3 is 0.917 bits per heavy atom. The van der Waals surface area contributed by atoms with Crippen molar-refractivity contribution in [3.8, 4) is 0 Å². The van der Waals surface area contributed by atoms with E-state index in [-0.39, 0.29) is 117 Å². The number of quaternary nitrogens is 2. The van der Waals surface area contributed by atoms with E-state index < -0.39 is 51.2 Å². The van der Waals surface area contributed by atoms with E-state index in [9.17, 15) is 83.5 Å². The van der Waals surface area contributed by atoms with Crippen LogP contribution in [0.15, 0.2) is 72.8 Å². The van der Waals surface area contributed by atoms with E-state index in [2.05, 4.69) is 90.3 Å². The first-order chi connectivity index (χ1) is 66.8. The van der Waals surface area contributed by atoms with E-state index in [0.29, 0.717) is 165 Å². The van der Waals surface area contributed by atoms with Gasteiger partial charge in [-0.1, -0.05) is 186 Å². The molecule has 2 atom stereocenters. The highest BCUT2D eigenvalue weighted by molar-refractivity contribution is 7.85. The van der Waals surface area contributed by atoms with E-state index in [4.69, 9.17) is 48.7 Å². The van der Waals surface area contributed by atoms with Crippen LogP contribution < -0.4 is 26.7 Å². The summed E-state index contributed by atoms with van der Waals surface area (Å²) in [7, 11) is 1.91. The van der Waals surface area contributed by atoms with Gasteiger partial charge in [-0.2, -0.15) is 0 Å². The second-order valence-corrected chi connectivity index (χ2v) is 44.8. The number of nitrogens with one attached hydrogen (secondary N) is 4. The van der Waals surface area contributed by atoms with Crippen molar-refractivity contribution in [1.29, 1.82) is 0 Å². The number of hydrogen-bond donors (Lipinski definition) is 8. The van der Waals surface area contributed by atoms with Crippen LogP contribution in [0, 0.1) is 32.5 Å². The molecule has 0 bridgehead atoms. The summed E-state index contributed by atoms with van der Waals surface area (Å²) in [5.41, 5.74) is 2.55. The van der Waals surface area contributed by atoms with Gasteiger partial charge in [-0.3, -0.25) is 52.8 Å². The molecule has 2 aromatic carbocycles. The fourth-order valence-corrected chi connectivity index (χ4v) is 12.7. The second-order valence-electron chi connectivity index (χ2n) is 41.8. The summed E-state index contributed by atoms with van der Waals surface area (Å²) in [6, 6.07) is 15.3. The number of esters is 4. The number of carboxylic acids is 2. The Labute approximate surface area is 873 Å². The highest BCUT2D eigenvalue weighted by Crippen LogP contribution is 2.27. The number of hydrogen-bond acceptors (Lipinski definition) is 27. The third-order valence-electron chi connectivity index (χ3n) is 25.1. The van der Waals surface area contributed by atoms with Crippen molar-refractivity contribution in [2.45, 2.75) is 326 Å². The van der Waals surface area contributed by atoms with Crippen LogP contribution in [0.3, 0.4) is 0 Å². The molecule has 4 amide bonds. The molecule has 0 aliphatic heterocycles. The summed E-state index contributed by atoms with van der Waals surface area (Å²) in [5.74, 6) is -2.29. The Morgan fingerprint density at radius 1 is 0.400 bits per heavy atom. The van der Waals surface area contributed by atoms with Gasteiger partial charge < -0.3 is 88.0 Å². The molecule has 2 rings (SSSR count). The summed E-state index contributed by atoms with van der Waals surface area (Å²) in [4.78, 5) is 138. The summed E-state index contributed by atoms with van der Waals surface area (Å²) < 4.78 is 94.0. The normalized spacial score (nSPS) is 12.0. The quantitative estimate of drug-likeness (QED) is 0.00580. The van der Waals surface area contributed by atoms with Gasteiger partial charge in [-0.25, -0.2) is 26.4 Å². The maximum atomic E-state index is 11.9. The molecule has 38 heteroatoms. The molecule has 0 saturated heterocycles. The zero-order valence-electron chi connectivity index (χ0n) is 94.5. The van der Waals surface area contributed by atoms with Gasteiger partial charge in [0.25, 0.3) is 0 Å². The fourth-order valence-electron chi connectivity index (χ4n) is 11.6. The van der Waals surface area contributed by atoms with Crippen LogP contribution in [0.1, 0.15) is 336 Å². The first-order valence-corrected chi connectivity index (χ1v) is 54.4. The lowest BCUT2D eigenvalue weighted by molar-refractivity contribution is -0.890. The van der Waals surface area contributed by atoms with E-state index in [1.807, 2.05) is 161 Å². The Bertz CT molecular complexity index is 4080. The minimum Gasteiger partial charge on any atom is -0.748 e. The molecule has 0 aliphatic carbocycles. The monoisotopic (exact) mass is 2100 g/mol. The molecule has 0 radical (unpaired) electrons. The predicted octanol–water partition coefficient (Wildman–Crippen LogP) is 14.5. The topological polar surface area (TPSA) is 507 Å². The highest BCUT2D eigenvalue weighted by atomic mass is 32.2. The molecule has 0 saturated carbocycles. The third-order valence-corrected chi connectivity index (χ3v) is 26.7. The second kappa shape index (κ2) is 78.7. The maximum Gasteiger partial charge on any atom is 0.488 e. The molecule has 2 aromatic rings. The van der Waals surface area contributed by atoms with E-state index >= 15 is 0 Å². The van der Waals surface area contributed by atoms with Crippen LogP contribution in [0.5, 0.6) is 0 Å². The number of amides is 4. The van der Waals surface area contributed by atoms with Crippen LogP contribution in [-0.4, -0.2) is 297 Å². The molecule has 840 valence electrons. The van der Waals surface area contributed by atoms with E-state index in [1.165, 1.54) is 16.0 Å². The number of methoxy groups -OCH3 is 2. The number of carboxylic acid groups (broad SMARTS) is 2. The number of benzene rings is 2. The number of nitrogens with zero attached hydrogens (tertiary/aromatic N) is 3. The minimum atomic E-state index is -4.09. The smallest absolute Gasteiger partial charge is 0.488 e. The lowest BCUT2D eigenvalue weighted by Crippen LogP contribution is -2.43. The molecule has 0 aromatic heterocycles. The van der Waals surface area contributed by atoms with Gasteiger partial charge in [0.2, 0.25) is 23.6 Å². The summed E-state index contributed by atoms with van der Waals surface area (Å²) >= 11 is 0. The molecule has 0 spiro atoms. The number of unbranched alkanes of at least 4 members (excludes halogenated alkanes) is 2. The fraction of sp³-hybridized carbons (Fsp3) is 0.738. The Balaban J connectivity index is -0.000000385. The predicted molar refractivity (Wildman–Crippen MR) is 572 cm³/mol. The summed E-state index contributed by atoms with van der Waals surface area (Å²) in [6.07, 6.45) is 14.9. The lowest BCUT2D eigenvalue weighted by atomic mass is 9.79. The number of carbonyl (C=O) groups excluding carboxylic acids is 10. The molecule has 0 fully saturated rings.